The number of anilines is 1. The molecule has 0 spiro atoms. The van der Waals surface area contributed by atoms with E-state index in [-0.39, 0.29) is 5.69 Å². The van der Waals surface area contributed by atoms with Crippen LogP contribution in [0.25, 0.3) is 0 Å². The minimum atomic E-state index is -1.48. The van der Waals surface area contributed by atoms with Crippen molar-refractivity contribution in [1.82, 2.24) is 0 Å². The summed E-state index contributed by atoms with van der Waals surface area (Å²) in [6, 6.07) is 2.34. The highest BCUT2D eigenvalue weighted by molar-refractivity contribution is 5.88. The lowest BCUT2D eigenvalue weighted by molar-refractivity contribution is 0.0690. The second kappa shape index (κ2) is 6.14. The first-order valence-electron chi connectivity index (χ1n) is 5.52. The second-order valence-corrected chi connectivity index (χ2v) is 3.92. The third kappa shape index (κ3) is 3.06. The van der Waals surface area contributed by atoms with Crippen LogP contribution in [0.15, 0.2) is 24.8 Å². The molecule has 0 aromatic heterocycles. The fraction of sp³-hybridized carbons (Fsp3) is 0.308. The van der Waals surface area contributed by atoms with E-state index in [1.165, 1.54) is 6.07 Å². The largest absolute Gasteiger partial charge is 0.478 e. The van der Waals surface area contributed by atoms with E-state index in [2.05, 4.69) is 6.58 Å². The summed E-state index contributed by atoms with van der Waals surface area (Å²) >= 11 is 0. The molecule has 0 bridgehead atoms. The standard InChI is InChI=1S/C13H15F2NO2/c1-3-4-5-8-16(2)10-7-6-9(13(17)18)11(14)12(10)15/h3,6-7H,1,4-5,8H2,2H3,(H,17,18). The maximum Gasteiger partial charge on any atom is 0.338 e. The highest BCUT2D eigenvalue weighted by Crippen LogP contribution is 2.23. The normalized spacial score (nSPS) is 10.2. The van der Waals surface area contributed by atoms with Gasteiger partial charge in [-0.15, -0.1) is 6.58 Å². The molecule has 0 unspecified atom stereocenters. The number of carboxylic acid groups (broad SMARTS) is 1. The molecule has 0 aliphatic carbocycles. The number of halogens is 2. The van der Waals surface area contributed by atoms with Gasteiger partial charge in [-0.1, -0.05) is 6.08 Å². The third-order valence-electron chi connectivity index (χ3n) is 2.61. The van der Waals surface area contributed by atoms with E-state index >= 15 is 0 Å². The van der Waals surface area contributed by atoms with Crippen LogP contribution in [-0.4, -0.2) is 24.7 Å². The number of benzene rings is 1. The molecule has 3 nitrogen and oxygen atoms in total. The summed E-state index contributed by atoms with van der Waals surface area (Å²) in [5.41, 5.74) is -0.600. The van der Waals surface area contributed by atoms with Gasteiger partial charge in [0.2, 0.25) is 0 Å². The van der Waals surface area contributed by atoms with Crippen molar-refractivity contribution < 1.29 is 18.7 Å². The highest BCUT2D eigenvalue weighted by Gasteiger charge is 2.19. The molecular weight excluding hydrogens is 240 g/mol. The topological polar surface area (TPSA) is 40.5 Å². The predicted molar refractivity (Wildman–Crippen MR) is 66.0 cm³/mol. The molecule has 1 N–H and O–H groups in total. The summed E-state index contributed by atoms with van der Waals surface area (Å²) in [6.45, 7) is 4.11. The summed E-state index contributed by atoms with van der Waals surface area (Å²) in [4.78, 5) is 12.2. The molecule has 0 aliphatic rings. The predicted octanol–water partition coefficient (Wildman–Crippen LogP) is 3.07. The Kier molecular flexibility index (Phi) is 4.83. The molecule has 0 saturated heterocycles. The molecule has 0 aliphatic heterocycles. The van der Waals surface area contributed by atoms with Gasteiger partial charge in [0.05, 0.1) is 11.3 Å². The van der Waals surface area contributed by atoms with Gasteiger partial charge in [0.25, 0.3) is 0 Å². The summed E-state index contributed by atoms with van der Waals surface area (Å²) in [5, 5.41) is 8.66. The van der Waals surface area contributed by atoms with E-state index in [0.717, 1.165) is 18.9 Å². The first kappa shape index (κ1) is 14.2. The van der Waals surface area contributed by atoms with Gasteiger partial charge in [0, 0.05) is 13.6 Å². The van der Waals surface area contributed by atoms with Crippen LogP contribution in [0.4, 0.5) is 14.5 Å². The van der Waals surface area contributed by atoms with Crippen LogP contribution in [0, 0.1) is 11.6 Å². The summed E-state index contributed by atoms with van der Waals surface area (Å²) in [7, 11) is 1.63. The number of rotatable bonds is 6. The van der Waals surface area contributed by atoms with Crippen LogP contribution < -0.4 is 4.90 Å². The Bertz CT molecular complexity index is 461. The molecule has 0 saturated carbocycles. The van der Waals surface area contributed by atoms with Crippen molar-refractivity contribution >= 4 is 11.7 Å². The molecule has 0 radical (unpaired) electrons. The Morgan fingerprint density at radius 2 is 2.11 bits per heavy atom. The zero-order valence-electron chi connectivity index (χ0n) is 10.1. The van der Waals surface area contributed by atoms with Crippen LogP contribution in [0.3, 0.4) is 0 Å². The molecule has 18 heavy (non-hydrogen) atoms. The maximum absolute atomic E-state index is 13.7. The Morgan fingerprint density at radius 3 is 2.67 bits per heavy atom. The number of carboxylic acids is 1. The average Bonchev–Trinajstić information content (AvgIpc) is 2.32. The first-order valence-corrected chi connectivity index (χ1v) is 5.52. The molecule has 1 aromatic carbocycles. The van der Waals surface area contributed by atoms with Crippen molar-refractivity contribution in [2.24, 2.45) is 0 Å². The number of aromatic carboxylic acids is 1. The SMILES string of the molecule is C=CCCCN(C)c1ccc(C(=O)O)c(F)c1F. The number of unbranched alkanes of at least 4 members (excludes halogenated alkanes) is 1. The minimum absolute atomic E-state index is 0.0570. The van der Waals surface area contributed by atoms with Crippen LogP contribution in [0.5, 0.6) is 0 Å². The number of carbonyl (C=O) groups is 1. The van der Waals surface area contributed by atoms with Gasteiger partial charge >= 0.3 is 5.97 Å². The van der Waals surface area contributed by atoms with E-state index < -0.39 is 23.2 Å². The van der Waals surface area contributed by atoms with Gasteiger partial charge in [-0.2, -0.15) is 0 Å². The molecule has 1 aromatic rings. The van der Waals surface area contributed by atoms with Crippen LogP contribution in [-0.2, 0) is 0 Å². The van der Waals surface area contributed by atoms with Gasteiger partial charge in [-0.3, -0.25) is 0 Å². The average molecular weight is 255 g/mol. The van der Waals surface area contributed by atoms with Crippen LogP contribution >= 0.6 is 0 Å². The van der Waals surface area contributed by atoms with Crippen molar-refractivity contribution in [2.45, 2.75) is 12.8 Å². The highest BCUT2D eigenvalue weighted by atomic mass is 19.2. The molecule has 0 heterocycles. The minimum Gasteiger partial charge on any atom is -0.478 e. The zero-order valence-corrected chi connectivity index (χ0v) is 10.1. The van der Waals surface area contributed by atoms with E-state index in [4.69, 9.17) is 5.11 Å². The van der Waals surface area contributed by atoms with Crippen LogP contribution in [0.2, 0.25) is 0 Å². The van der Waals surface area contributed by atoms with Gasteiger partial charge < -0.3 is 10.0 Å². The van der Waals surface area contributed by atoms with Crippen LogP contribution in [0.1, 0.15) is 23.2 Å². The Hall–Kier alpha value is -1.91. The van der Waals surface area contributed by atoms with Crippen molar-refractivity contribution in [3.05, 3.63) is 42.0 Å². The van der Waals surface area contributed by atoms with Gasteiger partial charge in [0.15, 0.2) is 11.6 Å². The quantitative estimate of drug-likeness (QED) is 0.627. The number of hydrogen-bond acceptors (Lipinski definition) is 2. The monoisotopic (exact) mass is 255 g/mol. The maximum atomic E-state index is 13.7. The lowest BCUT2D eigenvalue weighted by Crippen LogP contribution is -2.20. The summed E-state index contributed by atoms with van der Waals surface area (Å²) < 4.78 is 27.1. The van der Waals surface area contributed by atoms with Crippen molar-refractivity contribution in [1.29, 1.82) is 0 Å². The Balaban J connectivity index is 2.94. The number of allylic oxidation sites excluding steroid dienone is 1. The summed E-state index contributed by atoms with van der Waals surface area (Å²) in [6.07, 6.45) is 3.29. The zero-order chi connectivity index (χ0) is 13.7. The van der Waals surface area contributed by atoms with Crippen molar-refractivity contribution in [3.8, 4) is 0 Å². The van der Waals surface area contributed by atoms with Gasteiger partial charge in [0.1, 0.15) is 0 Å². The molecule has 0 fully saturated rings. The van der Waals surface area contributed by atoms with Gasteiger partial charge in [-0.05, 0) is 25.0 Å². The molecule has 0 amide bonds. The molecule has 0 atom stereocenters. The molecular formula is C13H15F2NO2. The lowest BCUT2D eigenvalue weighted by Gasteiger charge is -2.20. The van der Waals surface area contributed by atoms with E-state index in [1.54, 1.807) is 18.0 Å². The van der Waals surface area contributed by atoms with E-state index in [0.29, 0.717) is 6.54 Å². The van der Waals surface area contributed by atoms with E-state index in [1.807, 2.05) is 0 Å². The first-order chi connectivity index (χ1) is 8.49. The smallest absolute Gasteiger partial charge is 0.338 e. The Morgan fingerprint density at radius 1 is 1.44 bits per heavy atom. The fourth-order valence-electron chi connectivity index (χ4n) is 1.59. The fourth-order valence-corrected chi connectivity index (χ4v) is 1.59. The van der Waals surface area contributed by atoms with E-state index in [9.17, 15) is 13.6 Å². The number of hydrogen-bond donors (Lipinski definition) is 1. The molecule has 5 heteroatoms. The molecule has 98 valence electrons. The Labute approximate surface area is 104 Å². The van der Waals surface area contributed by atoms with Crippen molar-refractivity contribution in [3.63, 3.8) is 0 Å². The van der Waals surface area contributed by atoms with Crippen molar-refractivity contribution in [2.75, 3.05) is 18.5 Å². The lowest BCUT2D eigenvalue weighted by atomic mass is 10.1. The number of nitrogens with zero attached hydrogens (tertiary/aromatic N) is 1. The third-order valence-corrected chi connectivity index (χ3v) is 2.61. The van der Waals surface area contributed by atoms with Gasteiger partial charge in [-0.25, -0.2) is 13.6 Å². The summed E-state index contributed by atoms with van der Waals surface area (Å²) in [5.74, 6) is -3.93. The second-order valence-electron chi connectivity index (χ2n) is 3.92. The molecule has 1 rings (SSSR count).